The highest BCUT2D eigenvalue weighted by Crippen LogP contribution is 2.28. The summed E-state index contributed by atoms with van der Waals surface area (Å²) in [6.07, 6.45) is 13.4. The molecule has 1 aliphatic heterocycles. The smallest absolute Gasteiger partial charge is 0.290 e. The molecule has 2 heterocycles. The number of hydrogen-bond acceptors (Lipinski definition) is 6. The fourth-order valence-corrected chi connectivity index (χ4v) is 5.41. The number of aryl methyl sites for hydroxylation is 1. The minimum absolute atomic E-state index is 0.0455. The third-order valence-electron chi connectivity index (χ3n) is 7.16. The van der Waals surface area contributed by atoms with E-state index in [2.05, 4.69) is 55.4 Å². The Balaban J connectivity index is 0.000000629. The number of amides is 3. The molecule has 3 N–H and O–H groups in total. The molecular weight excluding hydrogens is 588 g/mol. The van der Waals surface area contributed by atoms with Crippen molar-refractivity contribution in [2.24, 2.45) is 5.41 Å². The first-order chi connectivity index (χ1) is 21.4. The van der Waals surface area contributed by atoms with Crippen LogP contribution in [0.1, 0.15) is 123 Å². The van der Waals surface area contributed by atoms with Crippen molar-refractivity contribution in [1.82, 2.24) is 20.5 Å². The number of carboxylic acid groups (broad SMARTS) is 1. The number of unbranched alkanes of at least 4 members (excludes halogenated alkanes) is 6. The van der Waals surface area contributed by atoms with E-state index in [-0.39, 0.29) is 23.8 Å². The average Bonchev–Trinajstić information content (AvgIpc) is 3.70. The van der Waals surface area contributed by atoms with Crippen molar-refractivity contribution in [2.75, 3.05) is 20.1 Å². The van der Waals surface area contributed by atoms with Gasteiger partial charge in [0, 0.05) is 33.0 Å². The Morgan fingerprint density at radius 2 is 1.58 bits per heavy atom. The molecule has 2 aromatic rings. The molecule has 1 fully saturated rings. The van der Waals surface area contributed by atoms with E-state index in [4.69, 9.17) is 9.90 Å². The van der Waals surface area contributed by atoms with Gasteiger partial charge in [-0.1, -0.05) is 90.5 Å². The van der Waals surface area contributed by atoms with E-state index in [9.17, 15) is 14.4 Å². The molecule has 9 nitrogen and oxygen atoms in total. The van der Waals surface area contributed by atoms with E-state index in [1.165, 1.54) is 61.8 Å². The van der Waals surface area contributed by atoms with Crippen molar-refractivity contribution in [2.45, 2.75) is 118 Å². The molecule has 1 unspecified atom stereocenters. The minimum Gasteiger partial charge on any atom is -0.483 e. The SMILES string of the molecule is CC(C)(C)CC(=O)N1CCCC1.CCCCCCCCCC(=O)NC.Cc1ncsc1-c1ccc(C(C)NC=O)cc1.O=CO. The lowest BCUT2D eigenvalue weighted by molar-refractivity contribution is -0.132. The molecule has 1 aliphatic rings. The van der Waals surface area contributed by atoms with Gasteiger partial charge in [0.05, 0.1) is 22.1 Å². The summed E-state index contributed by atoms with van der Waals surface area (Å²) in [5, 5.41) is 12.3. The minimum atomic E-state index is -0.250. The molecule has 1 aromatic carbocycles. The maximum absolute atomic E-state index is 11.6. The molecule has 0 saturated carbocycles. The van der Waals surface area contributed by atoms with Crippen molar-refractivity contribution in [3.8, 4) is 10.4 Å². The highest BCUT2D eigenvalue weighted by molar-refractivity contribution is 7.13. The first-order valence-electron chi connectivity index (χ1n) is 16.2. The lowest BCUT2D eigenvalue weighted by Gasteiger charge is -2.22. The highest BCUT2D eigenvalue weighted by atomic mass is 32.1. The number of carbonyl (C=O) groups excluding carboxylic acids is 3. The third kappa shape index (κ3) is 20.4. The van der Waals surface area contributed by atoms with Gasteiger partial charge in [-0.25, -0.2) is 4.98 Å². The Morgan fingerprint density at radius 1 is 1.02 bits per heavy atom. The Hall–Kier alpha value is -3.27. The number of carbonyl (C=O) groups is 4. The normalized spacial score (nSPS) is 12.6. The second kappa shape index (κ2) is 25.0. The molecule has 10 heteroatoms. The van der Waals surface area contributed by atoms with Crippen molar-refractivity contribution in [3.63, 3.8) is 0 Å². The van der Waals surface area contributed by atoms with Crippen LogP contribution in [0.15, 0.2) is 29.8 Å². The fourth-order valence-electron chi connectivity index (χ4n) is 4.60. The molecule has 45 heavy (non-hydrogen) atoms. The van der Waals surface area contributed by atoms with E-state index in [0.29, 0.717) is 18.7 Å². The van der Waals surface area contributed by atoms with Gasteiger partial charge in [0.15, 0.2) is 0 Å². The zero-order valence-corrected chi connectivity index (χ0v) is 29.5. The number of benzene rings is 1. The van der Waals surface area contributed by atoms with Crippen LogP contribution in [0.2, 0.25) is 0 Å². The zero-order valence-electron chi connectivity index (χ0n) is 28.7. The summed E-state index contributed by atoms with van der Waals surface area (Å²) in [6, 6.07) is 8.26. The van der Waals surface area contributed by atoms with Gasteiger partial charge in [0.25, 0.3) is 6.47 Å². The zero-order chi connectivity index (χ0) is 34.1. The Kier molecular flexibility index (Phi) is 23.2. The van der Waals surface area contributed by atoms with E-state index < -0.39 is 0 Å². The molecule has 0 radical (unpaired) electrons. The van der Waals surface area contributed by atoms with Crippen molar-refractivity contribution in [1.29, 1.82) is 0 Å². The topological polar surface area (TPSA) is 129 Å². The predicted molar refractivity (Wildman–Crippen MR) is 185 cm³/mol. The van der Waals surface area contributed by atoms with E-state index in [1.54, 1.807) is 18.4 Å². The van der Waals surface area contributed by atoms with Gasteiger partial charge in [-0.05, 0) is 49.7 Å². The monoisotopic (exact) mass is 646 g/mol. The van der Waals surface area contributed by atoms with Crippen LogP contribution in [-0.2, 0) is 19.2 Å². The summed E-state index contributed by atoms with van der Waals surface area (Å²) in [4.78, 5) is 48.6. The Bertz CT molecular complexity index is 1080. The predicted octanol–water partition coefficient (Wildman–Crippen LogP) is 7.54. The number of hydrogen-bond donors (Lipinski definition) is 3. The molecule has 1 atom stereocenters. The van der Waals surface area contributed by atoms with Crippen LogP contribution in [0.25, 0.3) is 10.4 Å². The molecule has 3 amide bonds. The van der Waals surface area contributed by atoms with Gasteiger partial charge < -0.3 is 20.6 Å². The first kappa shape index (κ1) is 41.7. The maximum Gasteiger partial charge on any atom is 0.290 e. The van der Waals surface area contributed by atoms with Crippen molar-refractivity contribution < 1.29 is 24.3 Å². The molecule has 3 rings (SSSR count). The molecular formula is C35H58N4O5S. The van der Waals surface area contributed by atoms with Crippen LogP contribution in [0.3, 0.4) is 0 Å². The number of thiazole rings is 1. The van der Waals surface area contributed by atoms with Crippen LogP contribution < -0.4 is 10.6 Å². The Morgan fingerprint density at radius 3 is 2.04 bits per heavy atom. The lowest BCUT2D eigenvalue weighted by atomic mass is 9.92. The number of nitrogens with one attached hydrogen (secondary N) is 2. The van der Waals surface area contributed by atoms with Gasteiger partial charge >= 0.3 is 0 Å². The maximum atomic E-state index is 11.6. The van der Waals surface area contributed by atoms with E-state index in [1.807, 2.05) is 36.4 Å². The quantitative estimate of drug-likeness (QED) is 0.152. The van der Waals surface area contributed by atoms with Gasteiger partial charge in [0.2, 0.25) is 18.2 Å². The van der Waals surface area contributed by atoms with Crippen molar-refractivity contribution in [3.05, 3.63) is 41.0 Å². The van der Waals surface area contributed by atoms with Crippen LogP contribution >= 0.6 is 11.3 Å². The van der Waals surface area contributed by atoms with Gasteiger partial charge in [-0.3, -0.25) is 19.2 Å². The summed E-state index contributed by atoms with van der Waals surface area (Å²) in [5.74, 6) is 0.508. The number of rotatable bonds is 13. The van der Waals surface area contributed by atoms with Gasteiger partial charge in [0.1, 0.15) is 0 Å². The number of aromatic nitrogens is 1. The second-order valence-corrected chi connectivity index (χ2v) is 13.2. The summed E-state index contributed by atoms with van der Waals surface area (Å²) in [5.41, 5.74) is 5.33. The second-order valence-electron chi connectivity index (χ2n) is 12.4. The van der Waals surface area contributed by atoms with Crippen LogP contribution in [-0.4, -0.2) is 59.8 Å². The number of nitrogens with zero attached hydrogens (tertiary/aromatic N) is 2. The van der Waals surface area contributed by atoms with Crippen LogP contribution in [0.4, 0.5) is 0 Å². The molecule has 0 aliphatic carbocycles. The standard InChI is InChI=1S/C13H14N2OS.C11H23NO.C10H19NO.CH2O2/c1-9(14-7-16)11-3-5-12(6-4-11)13-10(2)15-8-17-13;1-3-4-5-6-7-8-9-10-11(13)12-2;1-10(2,3)8-9(12)11-6-4-5-7-11;2-1-3/h3-9H,1-2H3,(H,14,16);3-10H2,1-2H3,(H,12,13);4-8H2,1-3H3;1H,(H,2,3). The van der Waals surface area contributed by atoms with Gasteiger partial charge in [-0.2, -0.15) is 0 Å². The molecule has 1 saturated heterocycles. The molecule has 0 spiro atoms. The average molecular weight is 647 g/mol. The van der Waals surface area contributed by atoms with Crippen LogP contribution in [0, 0.1) is 12.3 Å². The molecule has 1 aromatic heterocycles. The Labute approximate surface area is 275 Å². The van der Waals surface area contributed by atoms with Crippen molar-refractivity contribution >= 4 is 36.0 Å². The summed E-state index contributed by atoms with van der Waals surface area (Å²) < 4.78 is 0. The lowest BCUT2D eigenvalue weighted by Crippen LogP contribution is -2.30. The fraction of sp³-hybridized carbons (Fsp3) is 0.629. The third-order valence-corrected chi connectivity index (χ3v) is 8.14. The van der Waals surface area contributed by atoms with E-state index >= 15 is 0 Å². The molecule has 254 valence electrons. The number of likely N-dealkylation sites (tertiary alicyclic amines) is 1. The summed E-state index contributed by atoms with van der Waals surface area (Å²) in [7, 11) is 1.70. The molecule has 0 bridgehead atoms. The highest BCUT2D eigenvalue weighted by Gasteiger charge is 2.22. The summed E-state index contributed by atoms with van der Waals surface area (Å²) in [6.45, 7) is 14.2. The van der Waals surface area contributed by atoms with Gasteiger partial charge in [-0.15, -0.1) is 11.3 Å². The van der Waals surface area contributed by atoms with Crippen LogP contribution in [0.5, 0.6) is 0 Å². The van der Waals surface area contributed by atoms with E-state index in [0.717, 1.165) is 37.2 Å². The first-order valence-corrected chi connectivity index (χ1v) is 17.1. The largest absolute Gasteiger partial charge is 0.483 e. The summed E-state index contributed by atoms with van der Waals surface area (Å²) >= 11 is 1.64.